The Balaban J connectivity index is 1.96. The number of hydrogen-bond donors (Lipinski definition) is 2. The number of carbonyl (C=O) groups excluding carboxylic acids is 1. The Morgan fingerprint density at radius 3 is 2.95 bits per heavy atom. The second-order valence-electron chi connectivity index (χ2n) is 5.14. The fourth-order valence-corrected chi connectivity index (χ4v) is 3.01. The Morgan fingerprint density at radius 1 is 1.52 bits per heavy atom. The average molecular weight is 332 g/mol. The second kappa shape index (κ2) is 7.31. The van der Waals surface area contributed by atoms with E-state index < -0.39 is 0 Å². The van der Waals surface area contributed by atoms with Crippen LogP contribution in [0.5, 0.6) is 0 Å². The first-order valence-electron chi connectivity index (χ1n) is 6.79. The van der Waals surface area contributed by atoms with Gasteiger partial charge in [-0.2, -0.15) is 0 Å². The van der Waals surface area contributed by atoms with Crippen LogP contribution in [-0.4, -0.2) is 43.7 Å². The summed E-state index contributed by atoms with van der Waals surface area (Å²) in [4.78, 5) is 14.2. The van der Waals surface area contributed by atoms with Crippen molar-refractivity contribution in [1.29, 1.82) is 0 Å². The van der Waals surface area contributed by atoms with Crippen molar-refractivity contribution < 1.29 is 9.53 Å². The molecule has 1 aromatic rings. The first-order valence-corrected chi connectivity index (χ1v) is 7.54. The van der Waals surface area contributed by atoms with Gasteiger partial charge in [-0.3, -0.25) is 9.69 Å². The predicted molar refractivity (Wildman–Crippen MR) is 86.0 cm³/mol. The molecule has 1 atom stereocenters. The van der Waals surface area contributed by atoms with E-state index in [1.807, 2.05) is 0 Å². The van der Waals surface area contributed by atoms with E-state index in [0.717, 1.165) is 25.9 Å². The van der Waals surface area contributed by atoms with E-state index in [2.05, 4.69) is 10.2 Å². The summed E-state index contributed by atoms with van der Waals surface area (Å²) < 4.78 is 5.34. The van der Waals surface area contributed by atoms with Crippen LogP contribution in [0.15, 0.2) is 12.1 Å². The molecule has 1 unspecified atom stereocenters. The monoisotopic (exact) mass is 331 g/mol. The third kappa shape index (κ3) is 4.48. The van der Waals surface area contributed by atoms with Gasteiger partial charge < -0.3 is 15.8 Å². The molecule has 0 aliphatic carbocycles. The number of amides is 1. The third-order valence-corrected chi connectivity index (χ3v) is 4.03. The number of nitrogens with one attached hydrogen (secondary N) is 1. The van der Waals surface area contributed by atoms with Crippen LogP contribution in [-0.2, 0) is 9.53 Å². The van der Waals surface area contributed by atoms with E-state index in [1.54, 1.807) is 19.2 Å². The first-order chi connectivity index (χ1) is 9.99. The number of carbonyl (C=O) groups is 1. The maximum atomic E-state index is 12.1. The molecule has 1 saturated heterocycles. The number of nitrogens with two attached hydrogens (primary N) is 1. The Morgan fingerprint density at radius 2 is 2.29 bits per heavy atom. The van der Waals surface area contributed by atoms with Crippen LogP contribution in [0.4, 0.5) is 11.4 Å². The molecule has 1 aliphatic heterocycles. The summed E-state index contributed by atoms with van der Waals surface area (Å²) in [5.74, 6) is -0.150. The molecule has 0 radical (unpaired) electrons. The molecule has 1 aliphatic rings. The van der Waals surface area contributed by atoms with Gasteiger partial charge in [0.1, 0.15) is 0 Å². The van der Waals surface area contributed by atoms with Crippen molar-refractivity contribution in [3.05, 3.63) is 22.2 Å². The van der Waals surface area contributed by atoms with Gasteiger partial charge in [0.25, 0.3) is 0 Å². The normalized spacial score (nSPS) is 19.5. The summed E-state index contributed by atoms with van der Waals surface area (Å²) in [6.07, 6.45) is 2.25. The van der Waals surface area contributed by atoms with Crippen LogP contribution in [0.3, 0.4) is 0 Å². The summed E-state index contributed by atoms with van der Waals surface area (Å²) in [6.45, 7) is 1.93. The van der Waals surface area contributed by atoms with Crippen LogP contribution in [0.2, 0.25) is 10.0 Å². The van der Waals surface area contributed by atoms with E-state index in [-0.39, 0.29) is 18.6 Å². The topological polar surface area (TPSA) is 67.6 Å². The lowest BCUT2D eigenvalue weighted by molar-refractivity contribution is -0.118. The van der Waals surface area contributed by atoms with Gasteiger partial charge in [-0.15, -0.1) is 0 Å². The van der Waals surface area contributed by atoms with Gasteiger partial charge in [-0.25, -0.2) is 0 Å². The highest BCUT2D eigenvalue weighted by atomic mass is 35.5. The number of anilines is 2. The van der Waals surface area contributed by atoms with E-state index >= 15 is 0 Å². The minimum atomic E-state index is -0.150. The molecule has 0 aromatic heterocycles. The number of nitrogens with zero attached hydrogens (tertiary/aromatic N) is 1. The number of rotatable bonds is 4. The molecule has 1 fully saturated rings. The van der Waals surface area contributed by atoms with Crippen molar-refractivity contribution >= 4 is 40.5 Å². The second-order valence-corrected chi connectivity index (χ2v) is 5.98. The average Bonchev–Trinajstić information content (AvgIpc) is 2.43. The highest BCUT2D eigenvalue weighted by Gasteiger charge is 2.21. The summed E-state index contributed by atoms with van der Waals surface area (Å²) in [7, 11) is 1.70. The summed E-state index contributed by atoms with van der Waals surface area (Å²) in [5, 5.41) is 3.52. The fraction of sp³-hybridized carbons (Fsp3) is 0.500. The number of halogens is 2. The van der Waals surface area contributed by atoms with Crippen LogP contribution >= 0.6 is 23.2 Å². The summed E-state index contributed by atoms with van der Waals surface area (Å²) >= 11 is 11.9. The van der Waals surface area contributed by atoms with E-state index in [1.165, 1.54) is 0 Å². The molecule has 7 heteroatoms. The molecule has 21 heavy (non-hydrogen) atoms. The molecule has 1 heterocycles. The molecule has 0 saturated carbocycles. The molecular weight excluding hydrogens is 313 g/mol. The van der Waals surface area contributed by atoms with Crippen molar-refractivity contribution in [2.24, 2.45) is 0 Å². The Labute approximate surface area is 134 Å². The lowest BCUT2D eigenvalue weighted by atomic mass is 10.1. The van der Waals surface area contributed by atoms with Gasteiger partial charge >= 0.3 is 0 Å². The van der Waals surface area contributed by atoms with Crippen LogP contribution in [0, 0.1) is 0 Å². The number of likely N-dealkylation sites (tertiary alicyclic amines) is 1. The lowest BCUT2D eigenvalue weighted by Crippen LogP contribution is -2.43. The molecular formula is C14H19Cl2N3O2. The Bertz CT molecular complexity index is 502. The molecule has 5 nitrogen and oxygen atoms in total. The van der Waals surface area contributed by atoms with Gasteiger partial charge in [0.15, 0.2) is 0 Å². The van der Waals surface area contributed by atoms with Gasteiger partial charge in [0, 0.05) is 18.7 Å². The zero-order valence-electron chi connectivity index (χ0n) is 11.9. The van der Waals surface area contributed by atoms with E-state index in [4.69, 9.17) is 33.7 Å². The molecule has 2 rings (SSSR count). The zero-order valence-corrected chi connectivity index (χ0v) is 13.4. The number of nitrogen functional groups attached to an aromatic ring is 1. The number of methoxy groups -OCH3 is 1. The molecule has 1 aromatic carbocycles. The van der Waals surface area contributed by atoms with Gasteiger partial charge in [0.05, 0.1) is 29.0 Å². The maximum Gasteiger partial charge on any atom is 0.238 e. The van der Waals surface area contributed by atoms with E-state index in [9.17, 15) is 4.79 Å². The predicted octanol–water partition coefficient (Wildman–Crippen LogP) is 2.62. The molecule has 1 amide bonds. The molecule has 3 N–H and O–H groups in total. The number of piperidine rings is 1. The maximum absolute atomic E-state index is 12.1. The zero-order chi connectivity index (χ0) is 15.4. The van der Waals surface area contributed by atoms with Crippen molar-refractivity contribution in [3.8, 4) is 0 Å². The van der Waals surface area contributed by atoms with Crippen molar-refractivity contribution in [2.45, 2.75) is 18.9 Å². The Kier molecular flexibility index (Phi) is 5.70. The van der Waals surface area contributed by atoms with E-state index in [0.29, 0.717) is 21.4 Å². The largest absolute Gasteiger partial charge is 0.397 e. The van der Waals surface area contributed by atoms with Gasteiger partial charge in [0.2, 0.25) is 5.91 Å². The van der Waals surface area contributed by atoms with Crippen LogP contribution in [0.1, 0.15) is 12.8 Å². The highest BCUT2D eigenvalue weighted by molar-refractivity contribution is 6.37. The minimum absolute atomic E-state index is 0.150. The lowest BCUT2D eigenvalue weighted by Gasteiger charge is -2.31. The van der Waals surface area contributed by atoms with Crippen molar-refractivity contribution in [1.82, 2.24) is 4.90 Å². The Hall–Kier alpha value is -1.01. The van der Waals surface area contributed by atoms with Crippen molar-refractivity contribution in [3.63, 3.8) is 0 Å². The van der Waals surface area contributed by atoms with Crippen LogP contribution < -0.4 is 11.1 Å². The van der Waals surface area contributed by atoms with Gasteiger partial charge in [-0.1, -0.05) is 23.2 Å². The molecule has 0 spiro atoms. The number of hydrogen-bond acceptors (Lipinski definition) is 4. The third-order valence-electron chi connectivity index (χ3n) is 3.51. The standard InChI is InChI=1S/C14H19Cl2N3O2/c1-21-10-3-2-4-19(7-10)8-13(20)18-14-11(16)5-9(15)6-12(14)17/h5-6,10H,2-4,7-8,17H2,1H3,(H,18,20). The fourth-order valence-electron chi connectivity index (χ4n) is 2.46. The van der Waals surface area contributed by atoms with Gasteiger partial charge in [-0.05, 0) is 31.5 Å². The minimum Gasteiger partial charge on any atom is -0.397 e. The highest BCUT2D eigenvalue weighted by Crippen LogP contribution is 2.32. The number of benzene rings is 1. The quantitative estimate of drug-likeness (QED) is 0.832. The molecule has 0 bridgehead atoms. The first kappa shape index (κ1) is 16.4. The summed E-state index contributed by atoms with van der Waals surface area (Å²) in [5.41, 5.74) is 6.59. The van der Waals surface area contributed by atoms with Crippen molar-refractivity contribution in [2.75, 3.05) is 37.8 Å². The molecule has 116 valence electrons. The van der Waals surface area contributed by atoms with Crippen LogP contribution in [0.25, 0.3) is 0 Å². The SMILES string of the molecule is COC1CCCN(CC(=O)Nc2c(N)cc(Cl)cc2Cl)C1. The number of ether oxygens (including phenoxy) is 1. The summed E-state index contributed by atoms with van der Waals surface area (Å²) in [6, 6.07) is 3.11. The smallest absolute Gasteiger partial charge is 0.238 e.